The lowest BCUT2D eigenvalue weighted by Crippen LogP contribution is -2.31. The van der Waals surface area contributed by atoms with Crippen molar-refractivity contribution in [2.24, 2.45) is 5.41 Å². The van der Waals surface area contributed by atoms with E-state index in [9.17, 15) is 4.79 Å². The highest BCUT2D eigenvalue weighted by atomic mass is 16.1. The topological polar surface area (TPSA) is 20.1 Å². The molecule has 1 heterocycles. The number of carbonyl (C=O) groups excluding carboxylic acids is 1. The number of nitrogens with zero attached hydrogens (tertiary/aromatic N) is 1. The Balaban J connectivity index is 2.95. The Hall–Kier alpha value is -0.920. The quantitative estimate of drug-likeness (QED) is 0.565. The third kappa shape index (κ3) is 1.87. The van der Waals surface area contributed by atoms with Gasteiger partial charge in [0, 0.05) is 12.3 Å². The molecule has 13 heavy (non-hydrogen) atoms. The molecule has 0 unspecified atom stereocenters. The van der Waals surface area contributed by atoms with Gasteiger partial charge in [0.25, 0.3) is 0 Å². The van der Waals surface area contributed by atoms with E-state index < -0.39 is 0 Å². The van der Waals surface area contributed by atoms with E-state index in [4.69, 9.17) is 0 Å². The second-order valence-corrected chi connectivity index (χ2v) is 4.63. The number of hydrogen-bond donors (Lipinski definition) is 0. The van der Waals surface area contributed by atoms with Gasteiger partial charge >= 0.3 is 0 Å². The maximum Gasteiger partial charge on any atom is 0.229 e. The predicted molar refractivity (Wildman–Crippen MR) is 54.0 cm³/mol. The van der Waals surface area contributed by atoms with E-state index in [0.29, 0.717) is 0 Å². The third-order valence-electron chi connectivity index (χ3n) is 2.47. The van der Waals surface area contributed by atoms with Crippen LogP contribution in [0.25, 0.3) is 0 Å². The summed E-state index contributed by atoms with van der Waals surface area (Å²) in [5, 5.41) is 0. The monoisotopic (exact) mass is 180 g/mol. The van der Waals surface area contributed by atoms with Gasteiger partial charge < -0.3 is 0 Å². The first-order valence-corrected chi connectivity index (χ1v) is 4.65. The van der Waals surface area contributed by atoms with Gasteiger partial charge in [-0.25, -0.2) is 0 Å². The molecule has 2 nitrogen and oxygen atoms in total. The number of Topliss-reactive ketones (excluding diaryl/α,β-unsaturated/α-hetero) is 1. The van der Waals surface area contributed by atoms with Crippen LogP contribution in [0.15, 0.2) is 11.8 Å². The molecule has 1 rings (SSSR count). The van der Waals surface area contributed by atoms with E-state index in [1.165, 1.54) is 5.70 Å². The third-order valence-corrected chi connectivity index (χ3v) is 2.47. The minimum absolute atomic E-state index is 0.253. The van der Waals surface area contributed by atoms with Crippen molar-refractivity contribution in [1.82, 2.24) is 0 Å². The maximum atomic E-state index is 11.9. The average molecular weight is 180 g/mol. The molecule has 0 saturated heterocycles. The Morgan fingerprint density at radius 2 is 2.00 bits per heavy atom. The molecule has 2 heteroatoms. The number of hydrogen-bond acceptors (Lipinski definition) is 1. The average Bonchev–Trinajstić information content (AvgIpc) is 2.30. The van der Waals surface area contributed by atoms with Crippen LogP contribution in [-0.4, -0.2) is 23.1 Å². The summed E-state index contributed by atoms with van der Waals surface area (Å²) in [5.41, 5.74) is 1.83. The van der Waals surface area contributed by atoms with Gasteiger partial charge in [0.2, 0.25) is 11.5 Å². The zero-order valence-electron chi connectivity index (χ0n) is 9.14. The summed E-state index contributed by atoms with van der Waals surface area (Å²) < 4.78 is 1.99. The first-order valence-electron chi connectivity index (χ1n) is 4.65. The van der Waals surface area contributed by atoms with Gasteiger partial charge in [-0.1, -0.05) is 20.8 Å². The van der Waals surface area contributed by atoms with Crippen LogP contribution in [0.4, 0.5) is 0 Å². The molecule has 0 aromatic heterocycles. The van der Waals surface area contributed by atoms with Crippen molar-refractivity contribution in [3.05, 3.63) is 11.8 Å². The fourth-order valence-corrected chi connectivity index (χ4v) is 1.41. The Kier molecular flexibility index (Phi) is 2.42. The zero-order valence-corrected chi connectivity index (χ0v) is 9.14. The zero-order chi connectivity index (χ0) is 10.2. The summed E-state index contributed by atoms with van der Waals surface area (Å²) in [4.78, 5) is 11.9. The van der Waals surface area contributed by atoms with Crippen LogP contribution in [0.2, 0.25) is 0 Å². The van der Waals surface area contributed by atoms with Crippen LogP contribution in [0.3, 0.4) is 0 Å². The number of allylic oxidation sites excluding steroid dienone is 2. The molecule has 0 saturated carbocycles. The number of carbonyl (C=O) groups is 1. The number of ketones is 1. The molecular weight excluding hydrogens is 162 g/mol. The first-order chi connectivity index (χ1) is 5.84. The van der Waals surface area contributed by atoms with Crippen LogP contribution in [0, 0.1) is 5.41 Å². The summed E-state index contributed by atoms with van der Waals surface area (Å²) in [6.45, 7) is 7.92. The van der Waals surface area contributed by atoms with Crippen LogP contribution in [-0.2, 0) is 4.79 Å². The van der Waals surface area contributed by atoms with E-state index in [2.05, 4.69) is 6.08 Å². The second kappa shape index (κ2) is 3.09. The highest BCUT2D eigenvalue weighted by Gasteiger charge is 2.34. The van der Waals surface area contributed by atoms with Gasteiger partial charge in [0.05, 0.1) is 6.42 Å². The molecule has 0 aromatic rings. The van der Waals surface area contributed by atoms with Crippen LogP contribution >= 0.6 is 0 Å². The van der Waals surface area contributed by atoms with Gasteiger partial charge in [-0.2, -0.15) is 4.58 Å². The molecule has 0 aliphatic carbocycles. The molecule has 1 aliphatic heterocycles. The molecule has 0 amide bonds. The molecular formula is C11H18NO+. The lowest BCUT2D eigenvalue weighted by Gasteiger charge is -2.14. The molecule has 0 aromatic carbocycles. The molecule has 1 aliphatic rings. The van der Waals surface area contributed by atoms with Crippen molar-refractivity contribution in [2.45, 2.75) is 34.1 Å². The molecule has 0 N–H and O–H groups in total. The highest BCUT2D eigenvalue weighted by molar-refractivity contribution is 6.40. The van der Waals surface area contributed by atoms with Crippen molar-refractivity contribution in [1.29, 1.82) is 0 Å². The lowest BCUT2D eigenvalue weighted by molar-refractivity contribution is -0.439. The standard InChI is InChI=1S/C11H18NO/c1-8-6-7-9(12(8)5)10(13)11(2,3)4/h6H,7H2,1-5H3/q+1. The van der Waals surface area contributed by atoms with E-state index in [0.717, 1.165) is 12.1 Å². The normalized spacial score (nSPS) is 17.8. The van der Waals surface area contributed by atoms with Crippen LogP contribution in [0.5, 0.6) is 0 Å². The first kappa shape index (κ1) is 10.2. The molecule has 0 atom stereocenters. The number of rotatable bonds is 1. The van der Waals surface area contributed by atoms with E-state index in [1.807, 2.05) is 39.3 Å². The van der Waals surface area contributed by atoms with Crippen molar-refractivity contribution >= 4 is 11.5 Å². The summed E-state index contributed by atoms with van der Waals surface area (Å²) in [6, 6.07) is 0. The minimum Gasteiger partial charge on any atom is -0.287 e. The molecule has 0 bridgehead atoms. The second-order valence-electron chi connectivity index (χ2n) is 4.63. The maximum absolute atomic E-state index is 11.9. The van der Waals surface area contributed by atoms with Crippen molar-refractivity contribution in [3.8, 4) is 0 Å². The van der Waals surface area contributed by atoms with E-state index >= 15 is 0 Å². The Bertz CT molecular complexity index is 303. The smallest absolute Gasteiger partial charge is 0.229 e. The van der Waals surface area contributed by atoms with Gasteiger partial charge in [-0.3, -0.25) is 4.79 Å². The molecule has 0 spiro atoms. The fraction of sp³-hybridized carbons (Fsp3) is 0.636. The Morgan fingerprint density at radius 1 is 1.46 bits per heavy atom. The van der Waals surface area contributed by atoms with E-state index in [1.54, 1.807) is 0 Å². The fourth-order valence-electron chi connectivity index (χ4n) is 1.41. The van der Waals surface area contributed by atoms with Gasteiger partial charge in [-0.15, -0.1) is 0 Å². The molecule has 0 radical (unpaired) electrons. The predicted octanol–water partition coefficient (Wildman–Crippen LogP) is 1.99. The molecule has 72 valence electrons. The summed E-state index contributed by atoms with van der Waals surface area (Å²) >= 11 is 0. The van der Waals surface area contributed by atoms with E-state index in [-0.39, 0.29) is 11.2 Å². The van der Waals surface area contributed by atoms with Crippen LogP contribution < -0.4 is 0 Å². The SMILES string of the molecule is CC1=CCC(C(=O)C(C)(C)C)=[N+]1C. The minimum atomic E-state index is -0.262. The van der Waals surface area contributed by atoms with Gasteiger partial charge in [0.1, 0.15) is 7.05 Å². The van der Waals surface area contributed by atoms with Crippen molar-refractivity contribution in [3.63, 3.8) is 0 Å². The van der Waals surface area contributed by atoms with Crippen molar-refractivity contribution in [2.75, 3.05) is 7.05 Å². The largest absolute Gasteiger partial charge is 0.287 e. The molecule has 0 fully saturated rings. The summed E-state index contributed by atoms with van der Waals surface area (Å²) in [5.74, 6) is 0.253. The summed E-state index contributed by atoms with van der Waals surface area (Å²) in [6.07, 6.45) is 2.89. The highest BCUT2D eigenvalue weighted by Crippen LogP contribution is 2.19. The Labute approximate surface area is 80.0 Å². The van der Waals surface area contributed by atoms with Gasteiger partial charge in [0.15, 0.2) is 5.70 Å². The lowest BCUT2D eigenvalue weighted by atomic mass is 9.87. The van der Waals surface area contributed by atoms with Crippen LogP contribution in [0.1, 0.15) is 34.1 Å². The Morgan fingerprint density at radius 3 is 2.31 bits per heavy atom. The summed E-state index contributed by atoms with van der Waals surface area (Å²) in [7, 11) is 1.96. The van der Waals surface area contributed by atoms with Crippen molar-refractivity contribution < 1.29 is 9.37 Å². The van der Waals surface area contributed by atoms with Gasteiger partial charge in [-0.05, 0) is 6.08 Å².